The summed E-state index contributed by atoms with van der Waals surface area (Å²) in [6, 6.07) is 0. The normalized spacial score (nSPS) is 51.6. The van der Waals surface area contributed by atoms with E-state index in [1.807, 2.05) is 5.57 Å². The Labute approximate surface area is 68.7 Å². The standard InChI is InChI=1S/C11H16/c1-3-4-6(2)9-10-7-5-8(7)11(9)10/h5-7,9-11H,3-4H2,1-2H3. The number of hydrogen-bond acceptors (Lipinski definition) is 0. The third-order valence-electron chi connectivity index (χ3n) is 3.98. The molecule has 0 spiro atoms. The van der Waals surface area contributed by atoms with Gasteiger partial charge in [0.2, 0.25) is 0 Å². The summed E-state index contributed by atoms with van der Waals surface area (Å²) in [4.78, 5) is 0. The topological polar surface area (TPSA) is 0 Å². The van der Waals surface area contributed by atoms with Gasteiger partial charge in [0.05, 0.1) is 0 Å². The lowest BCUT2D eigenvalue weighted by Gasteiger charge is -2.07. The smallest absolute Gasteiger partial charge is 0.00200 e. The molecule has 0 N–H and O–H groups in total. The van der Waals surface area contributed by atoms with Crippen molar-refractivity contribution in [2.24, 2.45) is 29.6 Å². The van der Waals surface area contributed by atoms with Gasteiger partial charge in [0.15, 0.2) is 0 Å². The molecule has 0 radical (unpaired) electrons. The predicted molar refractivity (Wildman–Crippen MR) is 46.1 cm³/mol. The van der Waals surface area contributed by atoms with E-state index in [2.05, 4.69) is 19.9 Å². The van der Waals surface area contributed by atoms with E-state index in [4.69, 9.17) is 0 Å². The van der Waals surface area contributed by atoms with Gasteiger partial charge in [-0.05, 0) is 23.7 Å². The van der Waals surface area contributed by atoms with Crippen molar-refractivity contribution in [2.75, 3.05) is 0 Å². The molecule has 0 nitrogen and oxygen atoms in total. The Morgan fingerprint density at radius 2 is 2.36 bits per heavy atom. The lowest BCUT2D eigenvalue weighted by Crippen LogP contribution is -1.99. The summed E-state index contributed by atoms with van der Waals surface area (Å²) in [5.74, 6) is 5.42. The van der Waals surface area contributed by atoms with Crippen molar-refractivity contribution in [1.29, 1.82) is 0 Å². The SMILES string of the molecule is CCCC(C)C1C2C3=CC3C21. The van der Waals surface area contributed by atoms with Gasteiger partial charge in [-0.3, -0.25) is 0 Å². The van der Waals surface area contributed by atoms with Crippen LogP contribution in [0, 0.1) is 29.6 Å². The Hall–Kier alpha value is -0.260. The molecule has 3 aliphatic carbocycles. The summed E-state index contributed by atoms with van der Waals surface area (Å²) in [5.41, 5.74) is 1.84. The molecule has 0 aromatic heterocycles. The van der Waals surface area contributed by atoms with E-state index in [9.17, 15) is 0 Å². The second-order valence-corrected chi connectivity index (χ2v) is 4.64. The van der Waals surface area contributed by atoms with Crippen molar-refractivity contribution in [3.8, 4) is 0 Å². The molecule has 3 aliphatic rings. The minimum Gasteiger partial charge on any atom is -0.0769 e. The minimum absolute atomic E-state index is 1.02. The van der Waals surface area contributed by atoms with Crippen molar-refractivity contribution in [3.05, 3.63) is 11.6 Å². The summed E-state index contributed by atoms with van der Waals surface area (Å²) in [5, 5.41) is 0. The fourth-order valence-corrected chi connectivity index (χ4v) is 3.35. The van der Waals surface area contributed by atoms with Crippen LogP contribution in [0.3, 0.4) is 0 Å². The predicted octanol–water partition coefficient (Wildman–Crippen LogP) is 2.85. The lowest BCUT2D eigenvalue weighted by molar-refractivity contribution is 0.435. The van der Waals surface area contributed by atoms with Gasteiger partial charge in [0.1, 0.15) is 0 Å². The average molecular weight is 148 g/mol. The second-order valence-electron chi connectivity index (χ2n) is 4.64. The second kappa shape index (κ2) is 1.73. The van der Waals surface area contributed by atoms with Crippen LogP contribution in [0.25, 0.3) is 0 Å². The van der Waals surface area contributed by atoms with E-state index in [0.717, 1.165) is 29.6 Å². The molecular formula is C11H16. The van der Waals surface area contributed by atoms with E-state index in [0.29, 0.717) is 0 Å². The van der Waals surface area contributed by atoms with Gasteiger partial charge in [-0.1, -0.05) is 38.3 Å². The van der Waals surface area contributed by atoms with Gasteiger partial charge in [-0.25, -0.2) is 0 Å². The van der Waals surface area contributed by atoms with Crippen molar-refractivity contribution in [1.82, 2.24) is 0 Å². The molecule has 0 heterocycles. The van der Waals surface area contributed by atoms with Crippen LogP contribution in [-0.4, -0.2) is 0 Å². The van der Waals surface area contributed by atoms with Gasteiger partial charge >= 0.3 is 0 Å². The average Bonchev–Trinajstić information content (AvgIpc) is 2.69. The minimum atomic E-state index is 1.02. The fourth-order valence-electron chi connectivity index (χ4n) is 3.35. The van der Waals surface area contributed by atoms with Crippen molar-refractivity contribution < 1.29 is 0 Å². The molecule has 3 rings (SSSR count). The van der Waals surface area contributed by atoms with Crippen LogP contribution in [0.5, 0.6) is 0 Å². The van der Waals surface area contributed by atoms with Crippen LogP contribution in [0.2, 0.25) is 0 Å². The Bertz CT molecular complexity index is 226. The third kappa shape index (κ3) is 0.617. The first-order valence-corrected chi connectivity index (χ1v) is 5.06. The molecular weight excluding hydrogens is 132 g/mol. The van der Waals surface area contributed by atoms with Gasteiger partial charge in [-0.15, -0.1) is 0 Å². The highest BCUT2D eigenvalue weighted by molar-refractivity contribution is 5.51. The maximum Gasteiger partial charge on any atom is 0.00200 e. The summed E-state index contributed by atoms with van der Waals surface area (Å²) in [6.07, 6.45) is 5.32. The molecule has 2 saturated carbocycles. The maximum absolute atomic E-state index is 2.49. The fraction of sp³-hybridized carbons (Fsp3) is 0.818. The Kier molecular flexibility index (Phi) is 0.987. The van der Waals surface area contributed by atoms with E-state index >= 15 is 0 Å². The molecule has 0 amide bonds. The first-order valence-electron chi connectivity index (χ1n) is 5.06. The van der Waals surface area contributed by atoms with Crippen LogP contribution >= 0.6 is 0 Å². The van der Waals surface area contributed by atoms with Crippen molar-refractivity contribution >= 4 is 0 Å². The highest BCUT2D eigenvalue weighted by atomic mass is 14.7. The Morgan fingerprint density at radius 1 is 1.55 bits per heavy atom. The Morgan fingerprint density at radius 3 is 2.91 bits per heavy atom. The van der Waals surface area contributed by atoms with Crippen LogP contribution in [0.4, 0.5) is 0 Å². The molecule has 11 heavy (non-hydrogen) atoms. The van der Waals surface area contributed by atoms with E-state index in [1.165, 1.54) is 12.8 Å². The highest BCUT2D eigenvalue weighted by Crippen LogP contribution is 2.77. The molecule has 0 bridgehead atoms. The molecule has 0 aromatic rings. The molecule has 60 valence electrons. The van der Waals surface area contributed by atoms with E-state index in [1.54, 1.807) is 0 Å². The van der Waals surface area contributed by atoms with Crippen LogP contribution in [-0.2, 0) is 0 Å². The van der Waals surface area contributed by atoms with Gasteiger partial charge in [0, 0.05) is 5.92 Å². The molecule has 5 atom stereocenters. The summed E-state index contributed by atoms with van der Waals surface area (Å²) in [6.45, 7) is 4.76. The number of hydrogen-bond donors (Lipinski definition) is 0. The maximum atomic E-state index is 2.49. The summed E-state index contributed by atoms with van der Waals surface area (Å²) >= 11 is 0. The molecule has 5 unspecified atom stereocenters. The molecule has 0 aliphatic heterocycles. The van der Waals surface area contributed by atoms with Crippen LogP contribution in [0.15, 0.2) is 11.6 Å². The number of fused-ring (bicyclic) bond motifs is 4. The zero-order chi connectivity index (χ0) is 7.59. The first-order chi connectivity index (χ1) is 5.34. The van der Waals surface area contributed by atoms with Gasteiger partial charge in [-0.2, -0.15) is 0 Å². The summed E-state index contributed by atoms with van der Waals surface area (Å²) < 4.78 is 0. The molecule has 0 heteroatoms. The van der Waals surface area contributed by atoms with Crippen molar-refractivity contribution in [3.63, 3.8) is 0 Å². The van der Waals surface area contributed by atoms with E-state index in [-0.39, 0.29) is 0 Å². The van der Waals surface area contributed by atoms with Crippen LogP contribution in [0.1, 0.15) is 26.7 Å². The largest absolute Gasteiger partial charge is 0.0769 e. The van der Waals surface area contributed by atoms with Gasteiger partial charge < -0.3 is 0 Å². The van der Waals surface area contributed by atoms with Gasteiger partial charge in [0.25, 0.3) is 0 Å². The molecule has 0 aromatic carbocycles. The lowest BCUT2D eigenvalue weighted by atomic mass is 9.98. The Balaban J connectivity index is 1.62. The number of allylic oxidation sites excluding steroid dienone is 2. The quantitative estimate of drug-likeness (QED) is 0.540. The first kappa shape index (κ1) is 6.28. The zero-order valence-electron chi connectivity index (χ0n) is 7.38. The zero-order valence-corrected chi connectivity index (χ0v) is 7.38. The third-order valence-corrected chi connectivity index (χ3v) is 3.98. The van der Waals surface area contributed by atoms with E-state index < -0.39 is 0 Å². The summed E-state index contributed by atoms with van der Waals surface area (Å²) in [7, 11) is 0. The molecule has 0 saturated heterocycles. The molecule has 2 fully saturated rings. The number of rotatable bonds is 3. The van der Waals surface area contributed by atoms with Crippen molar-refractivity contribution in [2.45, 2.75) is 26.7 Å². The monoisotopic (exact) mass is 148 g/mol. The van der Waals surface area contributed by atoms with Crippen LogP contribution < -0.4 is 0 Å². The highest BCUT2D eigenvalue weighted by Gasteiger charge is 2.71.